The van der Waals surface area contributed by atoms with E-state index in [1.165, 1.54) is 27.8 Å². The van der Waals surface area contributed by atoms with Crippen molar-refractivity contribution in [1.29, 1.82) is 0 Å². The third kappa shape index (κ3) is 3.21. The number of fused-ring (bicyclic) bond motifs is 1. The number of allylic oxidation sites excluding steroid dienone is 1. The van der Waals surface area contributed by atoms with Crippen LogP contribution in [0.25, 0.3) is 17.2 Å². The minimum atomic E-state index is -1.22. The molecular weight excluding hydrogens is 292 g/mol. The number of benzene rings is 2. The molecule has 2 aromatic carbocycles. The molecule has 0 atom stereocenters. The Bertz CT molecular complexity index is 750. The highest BCUT2D eigenvalue weighted by Crippen LogP contribution is 2.37. The maximum Gasteiger partial charge on any atom is 0.0729 e. The molecule has 2 aromatic rings. The lowest BCUT2D eigenvalue weighted by Gasteiger charge is -2.19. The van der Waals surface area contributed by atoms with E-state index in [9.17, 15) is 0 Å². The smallest absolute Gasteiger partial charge is 0.0729 e. The molecule has 1 aliphatic carbocycles. The Kier molecular flexibility index (Phi) is 3.88. The van der Waals surface area contributed by atoms with E-state index >= 15 is 0 Å². The highest BCUT2D eigenvalue weighted by molar-refractivity contribution is 6.83. The van der Waals surface area contributed by atoms with E-state index < -0.39 is 8.07 Å². The van der Waals surface area contributed by atoms with Gasteiger partial charge in [-0.25, -0.2) is 0 Å². The molecule has 0 saturated heterocycles. The van der Waals surface area contributed by atoms with Crippen LogP contribution in [0.3, 0.4) is 0 Å². The van der Waals surface area contributed by atoms with Crippen LogP contribution in [-0.2, 0) is 11.8 Å². The molecule has 0 unspecified atom stereocenters. The van der Waals surface area contributed by atoms with Gasteiger partial charge in [0.25, 0.3) is 0 Å². The van der Waals surface area contributed by atoms with Crippen LogP contribution >= 0.6 is 0 Å². The van der Waals surface area contributed by atoms with Crippen LogP contribution in [0.5, 0.6) is 0 Å². The van der Waals surface area contributed by atoms with Crippen molar-refractivity contribution in [2.24, 2.45) is 0 Å². The number of hydrogen-bond donors (Lipinski definition) is 0. The summed E-state index contributed by atoms with van der Waals surface area (Å²) in [5.74, 6) is 0. The average molecular weight is 321 g/mol. The van der Waals surface area contributed by atoms with Crippen LogP contribution in [-0.4, -0.2) is 8.07 Å². The lowest BCUT2D eigenvalue weighted by Crippen LogP contribution is -2.23. The van der Waals surface area contributed by atoms with Crippen LogP contribution in [0.2, 0.25) is 19.6 Å². The third-order valence-electron chi connectivity index (χ3n) is 4.92. The van der Waals surface area contributed by atoms with Gasteiger partial charge < -0.3 is 0 Å². The predicted octanol–water partition coefficient (Wildman–Crippen LogP) is 6.47. The van der Waals surface area contributed by atoms with E-state index in [1.807, 2.05) is 0 Å². The second-order valence-corrected chi connectivity index (χ2v) is 13.9. The van der Waals surface area contributed by atoms with Gasteiger partial charge in [-0.1, -0.05) is 94.1 Å². The molecule has 120 valence electrons. The molecule has 0 nitrogen and oxygen atoms in total. The Labute approximate surface area is 142 Å². The van der Waals surface area contributed by atoms with Gasteiger partial charge in [0, 0.05) is 0 Å². The Balaban J connectivity index is 2.04. The van der Waals surface area contributed by atoms with E-state index in [0.29, 0.717) is 0 Å². The zero-order valence-electron chi connectivity index (χ0n) is 15.3. The number of hydrogen-bond acceptors (Lipinski definition) is 0. The maximum atomic E-state index is 2.48. The lowest BCUT2D eigenvalue weighted by molar-refractivity contribution is 0.590. The maximum absolute atomic E-state index is 2.48. The van der Waals surface area contributed by atoms with Crippen molar-refractivity contribution in [1.82, 2.24) is 0 Å². The molecule has 23 heavy (non-hydrogen) atoms. The molecule has 0 heterocycles. The van der Waals surface area contributed by atoms with Crippen molar-refractivity contribution < 1.29 is 0 Å². The summed E-state index contributed by atoms with van der Waals surface area (Å²) in [4.78, 5) is 0. The quantitative estimate of drug-likeness (QED) is 0.556. The first-order chi connectivity index (χ1) is 10.7. The Hall–Kier alpha value is -1.60. The summed E-state index contributed by atoms with van der Waals surface area (Å²) in [6.45, 7) is 14.1. The van der Waals surface area contributed by atoms with Gasteiger partial charge in [0.05, 0.1) is 8.07 Å². The van der Waals surface area contributed by atoms with E-state index in [1.54, 1.807) is 5.20 Å². The molecule has 1 heteroatoms. The molecule has 0 saturated carbocycles. The summed E-state index contributed by atoms with van der Waals surface area (Å²) in [6, 6.07) is 15.9. The van der Waals surface area contributed by atoms with E-state index in [2.05, 4.69) is 89.0 Å². The fraction of sp³-hybridized carbons (Fsp3) is 0.364. The summed E-state index contributed by atoms with van der Waals surface area (Å²) >= 11 is 0. The topological polar surface area (TPSA) is 0 Å². The molecule has 3 rings (SSSR count). The first kappa shape index (κ1) is 16.3. The summed E-state index contributed by atoms with van der Waals surface area (Å²) in [5.41, 5.74) is 7.28. The fourth-order valence-electron chi connectivity index (χ4n) is 3.25. The average Bonchev–Trinajstić information content (AvgIpc) is 2.90. The second-order valence-electron chi connectivity index (χ2n) is 8.80. The monoisotopic (exact) mass is 320 g/mol. The molecule has 0 amide bonds. The van der Waals surface area contributed by atoms with E-state index in [4.69, 9.17) is 0 Å². The molecule has 1 aliphatic rings. The van der Waals surface area contributed by atoms with Crippen molar-refractivity contribution in [3.8, 4) is 11.1 Å². The first-order valence-electron chi connectivity index (χ1n) is 8.60. The standard InChI is InChI=1S/C22H28Si/c1-22(2,3)18-12-10-16(11-13-18)20-9-7-8-17-14-19(15-21(17)20)23(4,5)6/h7-13,15H,14H2,1-6H3. The molecular formula is C22H28Si. The second kappa shape index (κ2) is 5.49. The molecule has 0 radical (unpaired) electrons. The molecule has 0 fully saturated rings. The lowest BCUT2D eigenvalue weighted by atomic mass is 9.86. The number of rotatable bonds is 2. The fourth-order valence-corrected chi connectivity index (χ4v) is 4.55. The largest absolute Gasteiger partial charge is 0.0761 e. The van der Waals surface area contributed by atoms with Gasteiger partial charge in [-0.05, 0) is 39.7 Å². The summed E-state index contributed by atoms with van der Waals surface area (Å²) in [5, 5.41) is 1.67. The van der Waals surface area contributed by atoms with Crippen molar-refractivity contribution in [2.75, 3.05) is 0 Å². The molecule has 0 N–H and O–H groups in total. The Morgan fingerprint density at radius 3 is 2.09 bits per heavy atom. The first-order valence-corrected chi connectivity index (χ1v) is 12.1. The van der Waals surface area contributed by atoms with Crippen molar-refractivity contribution in [3.63, 3.8) is 0 Å². The van der Waals surface area contributed by atoms with Crippen molar-refractivity contribution in [2.45, 2.75) is 52.2 Å². The highest BCUT2D eigenvalue weighted by atomic mass is 28.3. The van der Waals surface area contributed by atoms with Crippen LogP contribution in [0, 0.1) is 0 Å². The zero-order chi connectivity index (χ0) is 16.8. The van der Waals surface area contributed by atoms with Gasteiger partial charge in [-0.2, -0.15) is 0 Å². The van der Waals surface area contributed by atoms with Crippen LogP contribution in [0.1, 0.15) is 37.5 Å². The van der Waals surface area contributed by atoms with E-state index in [-0.39, 0.29) is 5.41 Å². The Morgan fingerprint density at radius 1 is 0.870 bits per heavy atom. The van der Waals surface area contributed by atoms with Gasteiger partial charge in [-0.3, -0.25) is 0 Å². The molecule has 0 bridgehead atoms. The van der Waals surface area contributed by atoms with Crippen molar-refractivity contribution >= 4 is 14.1 Å². The van der Waals surface area contributed by atoms with Crippen molar-refractivity contribution in [3.05, 3.63) is 64.4 Å². The van der Waals surface area contributed by atoms with Gasteiger partial charge in [0.2, 0.25) is 0 Å². The SMILES string of the molecule is CC(C)(C)c1ccc(-c2cccc3c2C=C([Si](C)(C)C)C3)cc1. The molecule has 0 spiro atoms. The zero-order valence-corrected chi connectivity index (χ0v) is 16.3. The van der Waals surface area contributed by atoms with Gasteiger partial charge in [0.1, 0.15) is 0 Å². The van der Waals surface area contributed by atoms with Crippen LogP contribution < -0.4 is 0 Å². The van der Waals surface area contributed by atoms with Crippen LogP contribution in [0.4, 0.5) is 0 Å². The summed E-state index contributed by atoms with van der Waals surface area (Å²) in [6.07, 6.45) is 3.63. The summed E-state index contributed by atoms with van der Waals surface area (Å²) in [7, 11) is -1.22. The van der Waals surface area contributed by atoms with Gasteiger partial charge in [0.15, 0.2) is 0 Å². The highest BCUT2D eigenvalue weighted by Gasteiger charge is 2.26. The Morgan fingerprint density at radius 2 is 1.52 bits per heavy atom. The van der Waals surface area contributed by atoms with Gasteiger partial charge >= 0.3 is 0 Å². The molecule has 0 aliphatic heterocycles. The van der Waals surface area contributed by atoms with Crippen LogP contribution in [0.15, 0.2) is 47.7 Å². The minimum Gasteiger partial charge on any atom is -0.0761 e. The molecule has 0 aromatic heterocycles. The van der Waals surface area contributed by atoms with E-state index in [0.717, 1.165) is 6.42 Å². The van der Waals surface area contributed by atoms with Gasteiger partial charge in [-0.15, -0.1) is 0 Å². The normalized spacial score (nSPS) is 14.6. The minimum absolute atomic E-state index is 0.210. The summed E-state index contributed by atoms with van der Waals surface area (Å²) < 4.78 is 0. The predicted molar refractivity (Wildman–Crippen MR) is 106 cm³/mol. The third-order valence-corrected chi connectivity index (χ3v) is 7.17.